The molecule has 2 heterocycles. The van der Waals surface area contributed by atoms with Gasteiger partial charge in [0.05, 0.1) is 34.7 Å². The number of nitrogens with one attached hydrogen (secondary N) is 1. The number of anilines is 1. The topological polar surface area (TPSA) is 174 Å². The Bertz CT molecular complexity index is 1410. The largest absolute Gasteiger partial charge is 0.497 e. The Kier molecular flexibility index (Phi) is 6.95. The fraction of sp³-hybridized carbons (Fsp3) is 0.182. The standard InChI is InChI=1S/C22H22N8O6/c1-32-14-7-5-6-12(8-14)19-18(25-29-30(19)21-20(23)27-36-28-21)22(31)26-24-11-13-9-16(34-3)17(35-4)10-15(13)33-2/h5-11H,1-4H3,(H2,23,27)(H,26,31)/b24-11+. The monoisotopic (exact) mass is 494 g/mol. The number of benzene rings is 2. The van der Waals surface area contributed by atoms with Gasteiger partial charge in [-0.1, -0.05) is 17.3 Å². The minimum atomic E-state index is -0.648. The smallest absolute Gasteiger partial charge is 0.294 e. The second-order valence-corrected chi connectivity index (χ2v) is 7.05. The zero-order chi connectivity index (χ0) is 25.7. The molecule has 0 radical (unpaired) electrons. The van der Waals surface area contributed by atoms with Crippen LogP contribution in [-0.4, -0.2) is 65.9 Å². The molecule has 0 aliphatic carbocycles. The molecule has 4 rings (SSSR count). The highest BCUT2D eigenvalue weighted by molar-refractivity contribution is 5.99. The van der Waals surface area contributed by atoms with Gasteiger partial charge in [0, 0.05) is 17.2 Å². The van der Waals surface area contributed by atoms with Crippen LogP contribution < -0.4 is 30.1 Å². The van der Waals surface area contributed by atoms with Crippen molar-refractivity contribution in [2.75, 3.05) is 34.2 Å². The summed E-state index contributed by atoms with van der Waals surface area (Å²) >= 11 is 0. The van der Waals surface area contributed by atoms with Crippen LogP contribution in [0.3, 0.4) is 0 Å². The van der Waals surface area contributed by atoms with Gasteiger partial charge < -0.3 is 24.7 Å². The van der Waals surface area contributed by atoms with Gasteiger partial charge in [-0.05, 0) is 28.5 Å². The molecule has 0 saturated heterocycles. The summed E-state index contributed by atoms with van der Waals surface area (Å²) in [5.74, 6) is 1.35. The zero-order valence-corrected chi connectivity index (χ0v) is 19.8. The lowest BCUT2D eigenvalue weighted by Gasteiger charge is -2.11. The van der Waals surface area contributed by atoms with E-state index in [1.165, 1.54) is 39.3 Å². The summed E-state index contributed by atoms with van der Waals surface area (Å²) in [5.41, 5.74) is 9.59. The maximum atomic E-state index is 13.1. The zero-order valence-electron chi connectivity index (χ0n) is 19.8. The molecule has 14 heteroatoms. The first-order valence-corrected chi connectivity index (χ1v) is 10.3. The third-order valence-electron chi connectivity index (χ3n) is 5.03. The lowest BCUT2D eigenvalue weighted by molar-refractivity contribution is 0.0950. The quantitative estimate of drug-likeness (QED) is 0.256. The number of carbonyl (C=O) groups is 1. The molecule has 0 unspecified atom stereocenters. The van der Waals surface area contributed by atoms with Crippen molar-refractivity contribution in [3.63, 3.8) is 0 Å². The lowest BCUT2D eigenvalue weighted by Crippen LogP contribution is -2.19. The number of carbonyl (C=O) groups excluding carboxylic acids is 1. The highest BCUT2D eigenvalue weighted by atomic mass is 16.6. The summed E-state index contributed by atoms with van der Waals surface area (Å²) in [6, 6.07) is 10.3. The molecule has 2 aromatic carbocycles. The van der Waals surface area contributed by atoms with Gasteiger partial charge in [0.25, 0.3) is 5.91 Å². The van der Waals surface area contributed by atoms with E-state index in [0.717, 1.165) is 0 Å². The number of hydrazone groups is 1. The van der Waals surface area contributed by atoms with Gasteiger partial charge >= 0.3 is 0 Å². The summed E-state index contributed by atoms with van der Waals surface area (Å²) in [6.45, 7) is 0. The average Bonchev–Trinajstić information content (AvgIpc) is 3.54. The SMILES string of the molecule is COc1cccc(-c2c(C(=O)N/N=C/c3cc(OC)c(OC)cc3OC)nnn2-c2nonc2N)c1. The first-order chi connectivity index (χ1) is 17.5. The highest BCUT2D eigenvalue weighted by Gasteiger charge is 2.25. The Hall–Kier alpha value is -5.14. The summed E-state index contributed by atoms with van der Waals surface area (Å²) in [4.78, 5) is 13.1. The maximum absolute atomic E-state index is 13.1. The third kappa shape index (κ3) is 4.59. The molecule has 0 spiro atoms. The van der Waals surface area contributed by atoms with Crippen LogP contribution in [0.1, 0.15) is 16.1 Å². The Morgan fingerprint density at radius 1 is 1.03 bits per heavy atom. The van der Waals surface area contributed by atoms with E-state index in [9.17, 15) is 4.79 Å². The van der Waals surface area contributed by atoms with E-state index in [1.54, 1.807) is 36.4 Å². The van der Waals surface area contributed by atoms with E-state index in [4.69, 9.17) is 24.7 Å². The first kappa shape index (κ1) is 24.0. The third-order valence-corrected chi connectivity index (χ3v) is 5.03. The molecular weight excluding hydrogens is 472 g/mol. The van der Waals surface area contributed by atoms with Crippen LogP contribution in [0, 0.1) is 0 Å². The molecule has 0 saturated carbocycles. The van der Waals surface area contributed by atoms with Gasteiger partial charge in [-0.15, -0.1) is 5.10 Å². The summed E-state index contributed by atoms with van der Waals surface area (Å²) in [7, 11) is 6.05. The van der Waals surface area contributed by atoms with Gasteiger partial charge in [-0.2, -0.15) is 9.78 Å². The number of hydrogen-bond acceptors (Lipinski definition) is 12. The van der Waals surface area contributed by atoms with Gasteiger partial charge in [0.15, 0.2) is 17.2 Å². The van der Waals surface area contributed by atoms with Crippen molar-refractivity contribution in [1.29, 1.82) is 0 Å². The van der Waals surface area contributed by atoms with Crippen LogP contribution in [0.25, 0.3) is 17.1 Å². The predicted molar refractivity (Wildman–Crippen MR) is 127 cm³/mol. The van der Waals surface area contributed by atoms with Crippen molar-refractivity contribution in [3.05, 3.63) is 47.7 Å². The molecule has 0 aliphatic heterocycles. The number of rotatable bonds is 9. The van der Waals surface area contributed by atoms with Crippen molar-refractivity contribution in [1.82, 2.24) is 30.7 Å². The molecule has 14 nitrogen and oxygen atoms in total. The second kappa shape index (κ2) is 10.4. The number of nitrogens with two attached hydrogens (primary N) is 1. The van der Waals surface area contributed by atoms with Crippen molar-refractivity contribution in [2.24, 2.45) is 5.10 Å². The van der Waals surface area contributed by atoms with Crippen LogP contribution in [0.15, 0.2) is 46.1 Å². The summed E-state index contributed by atoms with van der Waals surface area (Å²) in [6.07, 6.45) is 1.40. The number of methoxy groups -OCH3 is 4. The number of hydrogen-bond donors (Lipinski definition) is 2. The number of ether oxygens (including phenoxy) is 4. The maximum Gasteiger partial charge on any atom is 0.294 e. The lowest BCUT2D eigenvalue weighted by atomic mass is 10.1. The van der Waals surface area contributed by atoms with Crippen LogP contribution in [0.4, 0.5) is 5.82 Å². The molecule has 186 valence electrons. The molecule has 3 N–H and O–H groups in total. The van der Waals surface area contributed by atoms with Gasteiger partial charge in [-0.25, -0.2) is 10.1 Å². The van der Waals surface area contributed by atoms with Crippen LogP contribution in [0.2, 0.25) is 0 Å². The predicted octanol–water partition coefficient (Wildman–Crippen LogP) is 1.70. The Labute approximate surface area is 204 Å². The van der Waals surface area contributed by atoms with Gasteiger partial charge in [-0.3, -0.25) is 4.79 Å². The number of amides is 1. The molecule has 4 aromatic rings. The van der Waals surface area contributed by atoms with E-state index < -0.39 is 5.91 Å². The average molecular weight is 494 g/mol. The van der Waals surface area contributed by atoms with Crippen LogP contribution >= 0.6 is 0 Å². The van der Waals surface area contributed by atoms with Gasteiger partial charge in [0.1, 0.15) is 17.2 Å². The van der Waals surface area contributed by atoms with Crippen LogP contribution in [-0.2, 0) is 0 Å². The number of aromatic nitrogens is 5. The minimum absolute atomic E-state index is 0.0328. The van der Waals surface area contributed by atoms with Crippen molar-refractivity contribution in [2.45, 2.75) is 0 Å². The first-order valence-electron chi connectivity index (χ1n) is 10.3. The van der Waals surface area contributed by atoms with E-state index >= 15 is 0 Å². The molecule has 0 bridgehead atoms. The second-order valence-electron chi connectivity index (χ2n) is 7.05. The normalized spacial score (nSPS) is 10.9. The summed E-state index contributed by atoms with van der Waals surface area (Å²) < 4.78 is 27.2. The Balaban J connectivity index is 1.69. The highest BCUT2D eigenvalue weighted by Crippen LogP contribution is 2.34. The fourth-order valence-electron chi connectivity index (χ4n) is 3.32. The molecule has 2 aromatic heterocycles. The van der Waals surface area contributed by atoms with Crippen molar-refractivity contribution < 1.29 is 28.4 Å². The molecular formula is C22H22N8O6. The van der Waals surface area contributed by atoms with E-state index in [0.29, 0.717) is 34.1 Å². The number of nitrogens with zero attached hydrogens (tertiary/aromatic N) is 6. The minimum Gasteiger partial charge on any atom is -0.497 e. The number of nitrogen functional groups attached to an aromatic ring is 1. The van der Waals surface area contributed by atoms with E-state index in [2.05, 4.69) is 35.8 Å². The fourth-order valence-corrected chi connectivity index (χ4v) is 3.32. The van der Waals surface area contributed by atoms with E-state index in [1.807, 2.05) is 0 Å². The van der Waals surface area contributed by atoms with Gasteiger partial charge in [0.2, 0.25) is 11.6 Å². The molecule has 36 heavy (non-hydrogen) atoms. The Morgan fingerprint density at radius 3 is 2.44 bits per heavy atom. The Morgan fingerprint density at radius 2 is 1.78 bits per heavy atom. The molecule has 0 fully saturated rings. The summed E-state index contributed by atoms with van der Waals surface area (Å²) in [5, 5.41) is 19.4. The molecule has 0 atom stereocenters. The van der Waals surface area contributed by atoms with Crippen molar-refractivity contribution in [3.8, 4) is 40.1 Å². The van der Waals surface area contributed by atoms with Crippen LogP contribution in [0.5, 0.6) is 23.0 Å². The van der Waals surface area contributed by atoms with E-state index in [-0.39, 0.29) is 23.0 Å². The molecule has 0 aliphatic rings. The molecule has 1 amide bonds. The van der Waals surface area contributed by atoms with Crippen molar-refractivity contribution >= 4 is 17.9 Å².